The highest BCUT2D eigenvalue weighted by Crippen LogP contribution is 2.19. The van der Waals surface area contributed by atoms with Crippen molar-refractivity contribution in [3.63, 3.8) is 0 Å². The van der Waals surface area contributed by atoms with Gasteiger partial charge in [-0.15, -0.1) is 0 Å². The fourth-order valence-electron chi connectivity index (χ4n) is 1.99. The zero-order valence-electron chi connectivity index (χ0n) is 11.9. The molecule has 0 saturated carbocycles. The van der Waals surface area contributed by atoms with Crippen LogP contribution >= 0.6 is 0 Å². The fourth-order valence-corrected chi connectivity index (χ4v) is 1.99. The molecule has 3 heteroatoms. The summed E-state index contributed by atoms with van der Waals surface area (Å²) in [5.41, 5.74) is 10.1. The van der Waals surface area contributed by atoms with Crippen LogP contribution in [0.25, 0.3) is 11.3 Å². The Hall–Kier alpha value is -1.74. The van der Waals surface area contributed by atoms with Crippen LogP contribution in [-0.4, -0.2) is 16.5 Å². The molecule has 0 aliphatic heterocycles. The molecule has 2 aromatic rings. The maximum Gasteiger partial charge on any atom is 0.129 e. The van der Waals surface area contributed by atoms with Gasteiger partial charge >= 0.3 is 0 Å². The third-order valence-corrected chi connectivity index (χ3v) is 3.18. The zero-order chi connectivity index (χ0) is 13.8. The van der Waals surface area contributed by atoms with Crippen molar-refractivity contribution in [1.29, 1.82) is 0 Å². The highest BCUT2D eigenvalue weighted by Gasteiger charge is 2.08. The van der Waals surface area contributed by atoms with Crippen LogP contribution in [0.4, 0.5) is 0 Å². The van der Waals surface area contributed by atoms with E-state index in [-0.39, 0.29) is 0 Å². The molecule has 0 spiro atoms. The van der Waals surface area contributed by atoms with Gasteiger partial charge in [0.1, 0.15) is 5.82 Å². The third-order valence-electron chi connectivity index (χ3n) is 3.18. The van der Waals surface area contributed by atoms with Gasteiger partial charge in [-0.25, -0.2) is 9.97 Å². The summed E-state index contributed by atoms with van der Waals surface area (Å²) in [5.74, 6) is 1.29. The molecule has 1 aromatic heterocycles. The molecule has 0 amide bonds. The average Bonchev–Trinajstić information content (AvgIpc) is 2.38. The molecule has 0 fully saturated rings. The molecule has 2 N–H and O–H groups in total. The molecule has 1 unspecified atom stereocenters. The highest BCUT2D eigenvalue weighted by molar-refractivity contribution is 5.59. The summed E-state index contributed by atoms with van der Waals surface area (Å²) in [6.07, 6.45) is 0.830. The molecular formula is C16H21N3. The number of benzene rings is 1. The Morgan fingerprint density at radius 2 is 1.79 bits per heavy atom. The molecule has 0 aliphatic rings. The number of aromatic nitrogens is 2. The van der Waals surface area contributed by atoms with Crippen molar-refractivity contribution in [3.05, 3.63) is 47.4 Å². The molecule has 19 heavy (non-hydrogen) atoms. The predicted molar refractivity (Wildman–Crippen MR) is 78.9 cm³/mol. The monoisotopic (exact) mass is 255 g/mol. The lowest BCUT2D eigenvalue weighted by molar-refractivity contribution is 0.573. The minimum atomic E-state index is 0.410. The van der Waals surface area contributed by atoms with Crippen molar-refractivity contribution in [2.45, 2.75) is 27.2 Å². The fraction of sp³-hybridized carbons (Fsp3) is 0.375. The Kier molecular flexibility index (Phi) is 4.27. The van der Waals surface area contributed by atoms with Gasteiger partial charge in [0.15, 0.2) is 0 Å². The summed E-state index contributed by atoms with van der Waals surface area (Å²) in [7, 11) is 0. The van der Waals surface area contributed by atoms with Crippen LogP contribution < -0.4 is 5.73 Å². The van der Waals surface area contributed by atoms with E-state index in [4.69, 9.17) is 5.73 Å². The van der Waals surface area contributed by atoms with Gasteiger partial charge in [-0.05, 0) is 32.4 Å². The molecule has 3 nitrogen and oxygen atoms in total. The minimum Gasteiger partial charge on any atom is -0.330 e. The minimum absolute atomic E-state index is 0.410. The van der Waals surface area contributed by atoms with Crippen LogP contribution in [0.3, 0.4) is 0 Å². The number of nitrogens with zero attached hydrogens (tertiary/aromatic N) is 2. The summed E-state index contributed by atoms with van der Waals surface area (Å²) in [5, 5.41) is 0. The first kappa shape index (κ1) is 13.7. The van der Waals surface area contributed by atoms with E-state index in [0.29, 0.717) is 12.5 Å². The van der Waals surface area contributed by atoms with E-state index in [1.165, 1.54) is 5.56 Å². The van der Waals surface area contributed by atoms with Gasteiger partial charge in [-0.1, -0.05) is 36.8 Å². The van der Waals surface area contributed by atoms with Crippen molar-refractivity contribution in [2.75, 3.05) is 6.54 Å². The molecule has 1 aromatic carbocycles. The predicted octanol–water partition coefficient (Wildman–Crippen LogP) is 2.90. The Morgan fingerprint density at radius 3 is 2.42 bits per heavy atom. The van der Waals surface area contributed by atoms with Gasteiger partial charge in [0.05, 0.1) is 5.69 Å². The summed E-state index contributed by atoms with van der Waals surface area (Å²) in [6, 6.07) is 10.5. The van der Waals surface area contributed by atoms with Crippen LogP contribution in [0.5, 0.6) is 0 Å². The van der Waals surface area contributed by atoms with Crippen molar-refractivity contribution in [1.82, 2.24) is 9.97 Å². The van der Waals surface area contributed by atoms with Gasteiger partial charge in [-0.3, -0.25) is 0 Å². The second-order valence-corrected chi connectivity index (χ2v) is 5.22. The Balaban J connectivity index is 2.33. The van der Waals surface area contributed by atoms with E-state index < -0.39 is 0 Å². The van der Waals surface area contributed by atoms with Crippen LogP contribution in [0, 0.1) is 19.8 Å². The molecule has 2 rings (SSSR count). The molecule has 0 radical (unpaired) electrons. The zero-order valence-corrected chi connectivity index (χ0v) is 11.9. The van der Waals surface area contributed by atoms with Crippen LogP contribution in [0.15, 0.2) is 30.3 Å². The Labute approximate surface area is 114 Å². The third kappa shape index (κ3) is 3.61. The Bertz CT molecular complexity index is 546. The van der Waals surface area contributed by atoms with E-state index >= 15 is 0 Å². The van der Waals surface area contributed by atoms with E-state index in [1.807, 2.05) is 13.0 Å². The molecule has 100 valence electrons. The Morgan fingerprint density at radius 1 is 1.11 bits per heavy atom. The smallest absolute Gasteiger partial charge is 0.129 e. The lowest BCUT2D eigenvalue weighted by atomic mass is 10.1. The van der Waals surface area contributed by atoms with E-state index in [9.17, 15) is 0 Å². The summed E-state index contributed by atoms with van der Waals surface area (Å²) >= 11 is 0. The molecule has 1 atom stereocenters. The van der Waals surface area contributed by atoms with E-state index in [1.54, 1.807) is 0 Å². The molecule has 0 bridgehead atoms. The number of nitrogens with two attached hydrogens (primary N) is 1. The highest BCUT2D eigenvalue weighted by atomic mass is 14.9. The summed E-state index contributed by atoms with van der Waals surface area (Å²) < 4.78 is 0. The number of hydrogen-bond donors (Lipinski definition) is 1. The standard InChI is InChI=1S/C16H21N3/c1-11-4-6-14(7-5-11)15-9-13(3)18-16(19-15)8-12(2)10-17/h4-7,9,12H,8,10,17H2,1-3H3. The van der Waals surface area contributed by atoms with Crippen LogP contribution in [-0.2, 0) is 6.42 Å². The lowest BCUT2D eigenvalue weighted by Gasteiger charge is -2.10. The number of hydrogen-bond acceptors (Lipinski definition) is 3. The SMILES string of the molecule is Cc1ccc(-c2cc(C)nc(CC(C)CN)n2)cc1. The molecular weight excluding hydrogens is 234 g/mol. The van der Waals surface area contributed by atoms with Gasteiger partial charge in [0, 0.05) is 17.7 Å². The largest absolute Gasteiger partial charge is 0.330 e. The first-order chi connectivity index (χ1) is 9.08. The lowest BCUT2D eigenvalue weighted by Crippen LogP contribution is -2.15. The quantitative estimate of drug-likeness (QED) is 0.914. The van der Waals surface area contributed by atoms with Gasteiger partial charge in [-0.2, -0.15) is 0 Å². The van der Waals surface area contributed by atoms with Crippen molar-refractivity contribution >= 4 is 0 Å². The number of aryl methyl sites for hydroxylation is 2. The normalized spacial score (nSPS) is 12.4. The summed E-state index contributed by atoms with van der Waals surface area (Å²) in [6.45, 7) is 6.88. The second-order valence-electron chi connectivity index (χ2n) is 5.22. The number of rotatable bonds is 4. The van der Waals surface area contributed by atoms with Crippen molar-refractivity contribution < 1.29 is 0 Å². The molecule has 0 aliphatic carbocycles. The van der Waals surface area contributed by atoms with E-state index in [0.717, 1.165) is 29.2 Å². The van der Waals surface area contributed by atoms with Gasteiger partial charge < -0.3 is 5.73 Å². The maximum atomic E-state index is 5.67. The van der Waals surface area contributed by atoms with Gasteiger partial charge in [0.2, 0.25) is 0 Å². The van der Waals surface area contributed by atoms with Crippen molar-refractivity contribution in [3.8, 4) is 11.3 Å². The summed E-state index contributed by atoms with van der Waals surface area (Å²) in [4.78, 5) is 9.15. The topological polar surface area (TPSA) is 51.8 Å². The van der Waals surface area contributed by atoms with Crippen LogP contribution in [0.2, 0.25) is 0 Å². The molecule has 0 saturated heterocycles. The molecule has 1 heterocycles. The average molecular weight is 255 g/mol. The van der Waals surface area contributed by atoms with Gasteiger partial charge in [0.25, 0.3) is 0 Å². The maximum absolute atomic E-state index is 5.67. The van der Waals surface area contributed by atoms with E-state index in [2.05, 4.69) is 48.1 Å². The first-order valence-electron chi connectivity index (χ1n) is 6.70. The van der Waals surface area contributed by atoms with Crippen LogP contribution in [0.1, 0.15) is 24.0 Å². The van der Waals surface area contributed by atoms with Crippen molar-refractivity contribution in [2.24, 2.45) is 11.7 Å². The first-order valence-corrected chi connectivity index (χ1v) is 6.70. The second kappa shape index (κ2) is 5.93.